The van der Waals surface area contributed by atoms with Gasteiger partial charge in [-0.1, -0.05) is 39.3 Å². The summed E-state index contributed by atoms with van der Waals surface area (Å²) in [5, 5.41) is 14.0. The monoisotopic (exact) mass is 369 g/mol. The van der Waals surface area contributed by atoms with Gasteiger partial charge in [-0.05, 0) is 54.9 Å². The first-order valence-electron chi connectivity index (χ1n) is 9.87. The van der Waals surface area contributed by atoms with E-state index in [-0.39, 0.29) is 17.9 Å². The van der Waals surface area contributed by atoms with Gasteiger partial charge >= 0.3 is 0 Å². The van der Waals surface area contributed by atoms with Crippen molar-refractivity contribution in [2.75, 3.05) is 6.54 Å². The molecule has 5 nitrogen and oxygen atoms in total. The molecule has 1 saturated carbocycles. The van der Waals surface area contributed by atoms with Gasteiger partial charge in [-0.3, -0.25) is 9.59 Å². The second-order valence-corrected chi connectivity index (χ2v) is 7.48. The average Bonchev–Trinajstić information content (AvgIpc) is 2.64. The summed E-state index contributed by atoms with van der Waals surface area (Å²) in [4.78, 5) is 24.5. The SMILES string of the molecule is CCCCNC(=O)/C=C1/CC(NC(=O)c2ccc(C(C)C)cc2)CCC1=N. The van der Waals surface area contributed by atoms with Crippen LogP contribution in [0.3, 0.4) is 0 Å². The van der Waals surface area contributed by atoms with Crippen LogP contribution in [0.5, 0.6) is 0 Å². The zero-order chi connectivity index (χ0) is 19.8. The van der Waals surface area contributed by atoms with Gasteiger partial charge in [0.25, 0.3) is 5.91 Å². The second-order valence-electron chi connectivity index (χ2n) is 7.48. The van der Waals surface area contributed by atoms with Crippen molar-refractivity contribution in [1.82, 2.24) is 10.6 Å². The molecule has 1 aliphatic rings. The number of unbranched alkanes of at least 4 members (excludes halogenated alkanes) is 1. The Labute approximate surface area is 162 Å². The van der Waals surface area contributed by atoms with Crippen LogP contribution >= 0.6 is 0 Å². The van der Waals surface area contributed by atoms with Gasteiger partial charge in [0.2, 0.25) is 5.91 Å². The molecule has 3 N–H and O–H groups in total. The van der Waals surface area contributed by atoms with E-state index in [1.165, 1.54) is 11.6 Å². The maximum atomic E-state index is 12.5. The topological polar surface area (TPSA) is 82.1 Å². The Kier molecular flexibility index (Phi) is 7.77. The predicted octanol–water partition coefficient (Wildman–Crippen LogP) is 3.95. The van der Waals surface area contributed by atoms with Crippen molar-refractivity contribution in [2.45, 2.75) is 64.8 Å². The minimum atomic E-state index is -0.153. The van der Waals surface area contributed by atoms with Crippen molar-refractivity contribution in [2.24, 2.45) is 0 Å². The van der Waals surface area contributed by atoms with E-state index in [0.29, 0.717) is 36.6 Å². The molecule has 0 radical (unpaired) electrons. The third-order valence-electron chi connectivity index (χ3n) is 4.91. The predicted molar refractivity (Wildman–Crippen MR) is 109 cm³/mol. The van der Waals surface area contributed by atoms with Crippen LogP contribution in [0.25, 0.3) is 0 Å². The second kappa shape index (κ2) is 10.0. The fraction of sp³-hybridized carbons (Fsp3) is 0.500. The van der Waals surface area contributed by atoms with E-state index >= 15 is 0 Å². The first kappa shape index (κ1) is 20.9. The normalized spacial score (nSPS) is 18.6. The molecule has 0 saturated heterocycles. The molecule has 5 heteroatoms. The van der Waals surface area contributed by atoms with E-state index in [2.05, 4.69) is 31.4 Å². The van der Waals surface area contributed by atoms with Gasteiger partial charge in [0.1, 0.15) is 0 Å². The molecule has 1 aromatic carbocycles. The number of hydrogen-bond donors (Lipinski definition) is 3. The molecule has 1 unspecified atom stereocenters. The fourth-order valence-corrected chi connectivity index (χ4v) is 3.12. The van der Waals surface area contributed by atoms with E-state index in [9.17, 15) is 9.59 Å². The van der Waals surface area contributed by atoms with Gasteiger partial charge in [-0.25, -0.2) is 0 Å². The van der Waals surface area contributed by atoms with Crippen LogP contribution in [0, 0.1) is 5.41 Å². The summed E-state index contributed by atoms with van der Waals surface area (Å²) in [5.41, 5.74) is 3.06. The van der Waals surface area contributed by atoms with Crippen molar-refractivity contribution in [3.05, 3.63) is 47.0 Å². The van der Waals surface area contributed by atoms with E-state index < -0.39 is 0 Å². The van der Waals surface area contributed by atoms with Gasteiger partial charge in [-0.15, -0.1) is 0 Å². The lowest BCUT2D eigenvalue weighted by Gasteiger charge is -2.26. The molecular formula is C22H31N3O2. The molecule has 0 aromatic heterocycles. The molecular weight excluding hydrogens is 338 g/mol. The lowest BCUT2D eigenvalue weighted by Crippen LogP contribution is -2.38. The Morgan fingerprint density at radius 3 is 2.59 bits per heavy atom. The van der Waals surface area contributed by atoms with Crippen LogP contribution in [0.2, 0.25) is 0 Å². The van der Waals surface area contributed by atoms with Crippen molar-refractivity contribution >= 4 is 17.5 Å². The fourth-order valence-electron chi connectivity index (χ4n) is 3.12. The van der Waals surface area contributed by atoms with Gasteiger partial charge in [0.15, 0.2) is 0 Å². The molecule has 27 heavy (non-hydrogen) atoms. The summed E-state index contributed by atoms with van der Waals surface area (Å²) in [5.74, 6) is 0.178. The zero-order valence-electron chi connectivity index (χ0n) is 16.6. The number of benzene rings is 1. The third-order valence-corrected chi connectivity index (χ3v) is 4.91. The number of nitrogens with one attached hydrogen (secondary N) is 3. The summed E-state index contributed by atoms with van der Waals surface area (Å²) >= 11 is 0. The summed E-state index contributed by atoms with van der Waals surface area (Å²) in [6.07, 6.45) is 5.32. The Balaban J connectivity index is 1.95. The standard InChI is InChI=1S/C22H31N3O2/c1-4-5-12-24-21(26)14-18-13-19(10-11-20(18)23)25-22(27)17-8-6-16(7-9-17)15(2)3/h6-9,14-15,19,23H,4-5,10-13H2,1-3H3,(H,24,26)(H,25,27)/b18-14-,23-20?. The summed E-state index contributed by atoms with van der Waals surface area (Å²) in [7, 11) is 0. The van der Waals surface area contributed by atoms with E-state index in [1.54, 1.807) is 0 Å². The number of carbonyl (C=O) groups excluding carboxylic acids is 2. The van der Waals surface area contributed by atoms with Gasteiger partial charge in [0.05, 0.1) is 0 Å². The quantitative estimate of drug-likeness (QED) is 0.502. The van der Waals surface area contributed by atoms with Crippen molar-refractivity contribution in [1.29, 1.82) is 5.41 Å². The summed E-state index contributed by atoms with van der Waals surface area (Å²) in [6, 6.07) is 7.64. The van der Waals surface area contributed by atoms with Crippen LogP contribution in [0.1, 0.15) is 74.7 Å². The molecule has 1 atom stereocenters. The number of amides is 2. The average molecular weight is 370 g/mol. The number of hydrogen-bond acceptors (Lipinski definition) is 3. The van der Waals surface area contributed by atoms with E-state index in [0.717, 1.165) is 24.8 Å². The minimum absolute atomic E-state index is 0.0499. The molecule has 0 bridgehead atoms. The molecule has 0 heterocycles. The summed E-state index contributed by atoms with van der Waals surface area (Å²) in [6.45, 7) is 6.97. The van der Waals surface area contributed by atoms with Gasteiger partial charge in [-0.2, -0.15) is 0 Å². The third kappa shape index (κ3) is 6.35. The zero-order valence-corrected chi connectivity index (χ0v) is 16.6. The molecule has 2 amide bonds. The molecule has 146 valence electrons. The summed E-state index contributed by atoms with van der Waals surface area (Å²) < 4.78 is 0. The molecule has 2 rings (SSSR count). The van der Waals surface area contributed by atoms with Crippen molar-refractivity contribution < 1.29 is 9.59 Å². The van der Waals surface area contributed by atoms with Crippen LogP contribution in [-0.2, 0) is 4.79 Å². The molecule has 1 fully saturated rings. The largest absolute Gasteiger partial charge is 0.353 e. The van der Waals surface area contributed by atoms with E-state index in [4.69, 9.17) is 5.41 Å². The number of rotatable bonds is 7. The Bertz CT molecular complexity index is 705. The molecule has 1 aromatic rings. The first-order chi connectivity index (χ1) is 12.9. The smallest absolute Gasteiger partial charge is 0.251 e. The molecule has 0 spiro atoms. The molecule has 0 aliphatic heterocycles. The first-order valence-corrected chi connectivity index (χ1v) is 9.87. The maximum Gasteiger partial charge on any atom is 0.251 e. The Morgan fingerprint density at radius 2 is 1.96 bits per heavy atom. The molecule has 1 aliphatic carbocycles. The van der Waals surface area contributed by atoms with E-state index in [1.807, 2.05) is 24.3 Å². The van der Waals surface area contributed by atoms with Crippen LogP contribution in [0.15, 0.2) is 35.9 Å². The van der Waals surface area contributed by atoms with Crippen LogP contribution in [0.4, 0.5) is 0 Å². The van der Waals surface area contributed by atoms with Crippen molar-refractivity contribution in [3.8, 4) is 0 Å². The van der Waals surface area contributed by atoms with Crippen LogP contribution in [-0.4, -0.2) is 30.1 Å². The highest BCUT2D eigenvalue weighted by molar-refractivity contribution is 6.04. The highest BCUT2D eigenvalue weighted by Gasteiger charge is 2.23. The lowest BCUT2D eigenvalue weighted by atomic mass is 9.88. The Morgan fingerprint density at radius 1 is 1.26 bits per heavy atom. The Hall–Kier alpha value is -2.43. The van der Waals surface area contributed by atoms with Gasteiger partial charge in [0, 0.05) is 29.9 Å². The number of carbonyl (C=O) groups is 2. The highest BCUT2D eigenvalue weighted by atomic mass is 16.2. The van der Waals surface area contributed by atoms with Crippen LogP contribution < -0.4 is 10.6 Å². The van der Waals surface area contributed by atoms with Crippen molar-refractivity contribution in [3.63, 3.8) is 0 Å². The highest BCUT2D eigenvalue weighted by Crippen LogP contribution is 2.21. The van der Waals surface area contributed by atoms with Gasteiger partial charge < -0.3 is 16.0 Å². The minimum Gasteiger partial charge on any atom is -0.353 e. The lowest BCUT2D eigenvalue weighted by molar-refractivity contribution is -0.116. The maximum absolute atomic E-state index is 12.5.